The molecule has 1 aliphatic rings. The highest BCUT2D eigenvalue weighted by atomic mass is 16.1. The van der Waals surface area contributed by atoms with Crippen LogP contribution in [-0.4, -0.2) is 11.6 Å². The van der Waals surface area contributed by atoms with E-state index in [1.807, 2.05) is 36.4 Å². The molecule has 1 aliphatic carbocycles. The molecule has 3 heteroatoms. The van der Waals surface area contributed by atoms with Crippen molar-refractivity contribution in [3.05, 3.63) is 35.9 Å². The van der Waals surface area contributed by atoms with E-state index in [1.165, 1.54) is 0 Å². The molecule has 0 spiro atoms. The van der Waals surface area contributed by atoms with E-state index in [-0.39, 0.29) is 23.9 Å². The lowest BCUT2D eigenvalue weighted by atomic mass is 9.75. The van der Waals surface area contributed by atoms with Crippen LogP contribution in [0.4, 0.5) is 0 Å². The molecule has 0 N–H and O–H groups in total. The van der Waals surface area contributed by atoms with Crippen LogP contribution in [0.25, 0.3) is 0 Å². The second-order valence-electron chi connectivity index (χ2n) is 4.01. The number of carbonyl (C=O) groups is 2. The van der Waals surface area contributed by atoms with Gasteiger partial charge in [0.1, 0.15) is 11.7 Å². The van der Waals surface area contributed by atoms with Gasteiger partial charge in [-0.15, -0.1) is 0 Å². The largest absolute Gasteiger partial charge is 0.299 e. The van der Waals surface area contributed by atoms with Gasteiger partial charge in [-0.25, -0.2) is 0 Å². The number of rotatable bonds is 1. The van der Waals surface area contributed by atoms with Crippen molar-refractivity contribution in [1.82, 2.24) is 0 Å². The predicted molar refractivity (Wildman–Crippen MR) is 57.5 cm³/mol. The van der Waals surface area contributed by atoms with Crippen LogP contribution in [0.3, 0.4) is 0 Å². The van der Waals surface area contributed by atoms with E-state index in [4.69, 9.17) is 5.26 Å². The van der Waals surface area contributed by atoms with E-state index in [1.54, 1.807) is 0 Å². The summed E-state index contributed by atoms with van der Waals surface area (Å²) in [6.07, 6.45) is 0.218. The van der Waals surface area contributed by atoms with Crippen LogP contribution in [0.15, 0.2) is 30.3 Å². The van der Waals surface area contributed by atoms with Crippen molar-refractivity contribution >= 4 is 11.6 Å². The zero-order valence-corrected chi connectivity index (χ0v) is 8.72. The summed E-state index contributed by atoms with van der Waals surface area (Å²) in [4.78, 5) is 23.0. The van der Waals surface area contributed by atoms with Gasteiger partial charge >= 0.3 is 0 Å². The first kappa shape index (κ1) is 10.6. The number of carbonyl (C=O) groups excluding carboxylic acids is 2. The Labute approximate surface area is 93.7 Å². The van der Waals surface area contributed by atoms with Gasteiger partial charge in [-0.3, -0.25) is 9.59 Å². The number of benzene rings is 1. The topological polar surface area (TPSA) is 57.9 Å². The van der Waals surface area contributed by atoms with Gasteiger partial charge in [0.15, 0.2) is 5.78 Å². The average molecular weight is 213 g/mol. The lowest BCUT2D eigenvalue weighted by molar-refractivity contribution is -0.132. The third-order valence-corrected chi connectivity index (χ3v) is 2.94. The lowest BCUT2D eigenvalue weighted by Crippen LogP contribution is -2.30. The fraction of sp³-hybridized carbons (Fsp3) is 0.308. The summed E-state index contributed by atoms with van der Waals surface area (Å²) in [7, 11) is 0. The molecule has 2 rings (SSSR count). The molecule has 0 aliphatic heterocycles. The molecule has 0 aromatic heterocycles. The molecular weight excluding hydrogens is 202 g/mol. The van der Waals surface area contributed by atoms with Gasteiger partial charge in [0.05, 0.1) is 12.5 Å². The van der Waals surface area contributed by atoms with Crippen molar-refractivity contribution in [2.24, 2.45) is 5.92 Å². The smallest absolute Gasteiger partial charge is 0.157 e. The van der Waals surface area contributed by atoms with Gasteiger partial charge < -0.3 is 0 Å². The van der Waals surface area contributed by atoms with Crippen molar-refractivity contribution < 1.29 is 9.59 Å². The van der Waals surface area contributed by atoms with Crippen molar-refractivity contribution in [2.45, 2.75) is 18.8 Å². The monoisotopic (exact) mass is 213 g/mol. The van der Waals surface area contributed by atoms with E-state index in [2.05, 4.69) is 0 Å². The predicted octanol–water partition coefficient (Wildman–Crippen LogP) is 1.84. The van der Waals surface area contributed by atoms with Crippen molar-refractivity contribution in [2.75, 3.05) is 0 Å². The summed E-state index contributed by atoms with van der Waals surface area (Å²) in [5, 5.41) is 9.00. The molecule has 0 bridgehead atoms. The highest BCUT2D eigenvalue weighted by Crippen LogP contribution is 2.33. The number of nitrogens with zero attached hydrogens (tertiary/aromatic N) is 1. The van der Waals surface area contributed by atoms with Crippen LogP contribution in [0, 0.1) is 17.2 Å². The van der Waals surface area contributed by atoms with E-state index >= 15 is 0 Å². The first-order chi connectivity index (χ1) is 7.72. The first-order valence-electron chi connectivity index (χ1n) is 5.21. The minimum Gasteiger partial charge on any atom is -0.299 e. The lowest BCUT2D eigenvalue weighted by Gasteiger charge is -2.25. The molecular formula is C13H11NO2. The second kappa shape index (κ2) is 4.28. The van der Waals surface area contributed by atoms with Crippen LogP contribution < -0.4 is 0 Å². The fourth-order valence-electron chi connectivity index (χ4n) is 2.14. The van der Waals surface area contributed by atoms with Gasteiger partial charge in [-0.2, -0.15) is 5.26 Å². The van der Waals surface area contributed by atoms with Gasteiger partial charge in [0.2, 0.25) is 0 Å². The normalized spacial score (nSPS) is 25.2. The molecule has 3 nitrogen and oxygen atoms in total. The molecule has 0 saturated heterocycles. The minimum atomic E-state index is -0.667. The summed E-state index contributed by atoms with van der Waals surface area (Å²) in [5.41, 5.74) is 0.899. The standard InChI is InChI=1S/C13H11NO2/c14-8-12-11(6-10(15)7-13(12)16)9-4-2-1-3-5-9/h1-5,11-12H,6-7H2. The maximum Gasteiger partial charge on any atom is 0.157 e. The molecule has 1 saturated carbocycles. The Morgan fingerprint density at radius 2 is 1.88 bits per heavy atom. The Hall–Kier alpha value is -1.95. The molecule has 2 atom stereocenters. The molecule has 1 aromatic carbocycles. The molecule has 80 valence electrons. The van der Waals surface area contributed by atoms with Crippen molar-refractivity contribution in [3.63, 3.8) is 0 Å². The molecule has 2 unspecified atom stereocenters. The molecule has 16 heavy (non-hydrogen) atoms. The van der Waals surface area contributed by atoms with Crippen molar-refractivity contribution in [1.29, 1.82) is 5.26 Å². The van der Waals surface area contributed by atoms with Gasteiger partial charge in [-0.1, -0.05) is 30.3 Å². The van der Waals surface area contributed by atoms with Crippen LogP contribution in [0.2, 0.25) is 0 Å². The summed E-state index contributed by atoms with van der Waals surface area (Å²) in [6.45, 7) is 0. The van der Waals surface area contributed by atoms with Crippen LogP contribution >= 0.6 is 0 Å². The number of Topliss-reactive ketones (excluding diaryl/α,β-unsaturated/α-hetero) is 2. The van der Waals surface area contributed by atoms with E-state index in [0.717, 1.165) is 5.56 Å². The zero-order valence-electron chi connectivity index (χ0n) is 8.72. The Morgan fingerprint density at radius 3 is 2.50 bits per heavy atom. The molecule has 1 fully saturated rings. The Kier molecular flexibility index (Phi) is 2.82. The Balaban J connectivity index is 2.35. The molecule has 1 aromatic rings. The second-order valence-corrected chi connectivity index (χ2v) is 4.01. The van der Waals surface area contributed by atoms with Crippen LogP contribution in [0.1, 0.15) is 24.3 Å². The number of nitriles is 1. The number of hydrogen-bond acceptors (Lipinski definition) is 3. The summed E-state index contributed by atoms with van der Waals surface area (Å²) in [5.74, 6) is -1.24. The quantitative estimate of drug-likeness (QED) is 0.669. The highest BCUT2D eigenvalue weighted by Gasteiger charge is 2.36. The summed E-state index contributed by atoms with van der Waals surface area (Å²) < 4.78 is 0. The van der Waals surface area contributed by atoms with Crippen molar-refractivity contribution in [3.8, 4) is 6.07 Å². The van der Waals surface area contributed by atoms with Gasteiger partial charge in [0, 0.05) is 12.3 Å². The minimum absolute atomic E-state index is 0.0645. The number of ketones is 2. The first-order valence-corrected chi connectivity index (χ1v) is 5.21. The fourth-order valence-corrected chi connectivity index (χ4v) is 2.14. The SMILES string of the molecule is N#CC1C(=O)CC(=O)CC1c1ccccc1. The van der Waals surface area contributed by atoms with E-state index in [9.17, 15) is 9.59 Å². The zero-order chi connectivity index (χ0) is 11.5. The van der Waals surface area contributed by atoms with Gasteiger partial charge in [-0.05, 0) is 5.56 Å². The van der Waals surface area contributed by atoms with Gasteiger partial charge in [0.25, 0.3) is 0 Å². The summed E-state index contributed by atoms with van der Waals surface area (Å²) in [6, 6.07) is 11.3. The third-order valence-electron chi connectivity index (χ3n) is 2.94. The molecule has 0 radical (unpaired) electrons. The highest BCUT2D eigenvalue weighted by molar-refractivity contribution is 6.04. The van der Waals surface area contributed by atoms with E-state index in [0.29, 0.717) is 6.42 Å². The van der Waals surface area contributed by atoms with Crippen LogP contribution in [-0.2, 0) is 9.59 Å². The Morgan fingerprint density at radius 1 is 1.19 bits per heavy atom. The maximum absolute atomic E-state index is 11.6. The maximum atomic E-state index is 11.6. The molecule has 0 amide bonds. The third kappa shape index (κ3) is 1.87. The Bertz CT molecular complexity index is 459. The summed E-state index contributed by atoms with van der Waals surface area (Å²) >= 11 is 0. The van der Waals surface area contributed by atoms with Crippen LogP contribution in [0.5, 0.6) is 0 Å². The number of hydrogen-bond donors (Lipinski definition) is 0. The van der Waals surface area contributed by atoms with E-state index < -0.39 is 5.92 Å². The molecule has 0 heterocycles. The average Bonchev–Trinajstić information content (AvgIpc) is 2.29.